The molecule has 0 saturated carbocycles. The summed E-state index contributed by atoms with van der Waals surface area (Å²) in [5.41, 5.74) is -5.06. The second-order valence-corrected chi connectivity index (χ2v) is 40.4. The summed E-state index contributed by atoms with van der Waals surface area (Å²) in [6.45, 7) is 53.8. The number of esters is 6. The van der Waals surface area contributed by atoms with Crippen molar-refractivity contribution >= 4 is 107 Å². The lowest BCUT2D eigenvalue weighted by atomic mass is 9.79. The van der Waals surface area contributed by atoms with Crippen LogP contribution < -0.4 is 5.32 Å². The Morgan fingerprint density at radius 2 is 0.773 bits per heavy atom. The number of carbonyl (C=O) groups excluding carboxylic acids is 12. The Balaban J connectivity index is -0.000000490. The van der Waals surface area contributed by atoms with E-state index in [4.69, 9.17) is 36.8 Å². The molecule has 4 aromatic rings. The van der Waals surface area contributed by atoms with Gasteiger partial charge in [0.25, 0.3) is 20.2 Å². The molecule has 32 heteroatoms. The molecule has 0 radical (unpaired) electrons. The van der Waals surface area contributed by atoms with Gasteiger partial charge in [-0.15, -0.1) is 0 Å². The summed E-state index contributed by atoms with van der Waals surface area (Å²) in [7, 11) is -12.6. The molecular formula is C96H149NO28S3. The lowest BCUT2D eigenvalue weighted by Crippen LogP contribution is -2.51. The first-order valence-electron chi connectivity index (χ1n) is 39.9. The lowest BCUT2D eigenvalue weighted by molar-refractivity contribution is -0.173. The quantitative estimate of drug-likeness (QED) is 0.0108. The normalized spacial score (nSPS) is 13.9. The van der Waals surface area contributed by atoms with E-state index in [1.54, 1.807) is 101 Å². The first-order valence-corrected chi connectivity index (χ1v) is 44.5. The third-order valence-electron chi connectivity index (χ3n) is 19.3. The second-order valence-electron chi connectivity index (χ2n) is 35.1. The van der Waals surface area contributed by atoms with Gasteiger partial charge in [-0.25, -0.2) is 4.79 Å². The number of hydrogen-bond acceptors (Lipinski definition) is 28. The number of ketones is 5. The molecule has 0 aromatic heterocycles. The molecule has 0 aliphatic carbocycles. The molecule has 1 N–H and O–H groups in total. The van der Waals surface area contributed by atoms with Crippen molar-refractivity contribution in [3.63, 3.8) is 0 Å². The fourth-order valence-corrected chi connectivity index (χ4v) is 12.1. The van der Waals surface area contributed by atoms with E-state index in [0.717, 1.165) is 54.2 Å². The third kappa shape index (κ3) is 41.0. The van der Waals surface area contributed by atoms with Crippen molar-refractivity contribution in [2.45, 2.75) is 289 Å². The fraction of sp³-hybridized carbons (Fsp3) is 0.562. The number of benzene rings is 4. The van der Waals surface area contributed by atoms with Gasteiger partial charge in [-0.3, -0.25) is 65.3 Å². The summed E-state index contributed by atoms with van der Waals surface area (Å²) in [5, 5.41) is 2.21. The average Bonchev–Trinajstić information content (AvgIpc) is 0.811. The van der Waals surface area contributed by atoms with Crippen molar-refractivity contribution in [1.29, 1.82) is 0 Å². The van der Waals surface area contributed by atoms with Gasteiger partial charge < -0.3 is 38.5 Å². The molecule has 1 amide bonds. The Kier molecular flexibility index (Phi) is 51.9. The number of rotatable bonds is 39. The number of ether oxygens (including phenoxy) is 7. The van der Waals surface area contributed by atoms with Crippen molar-refractivity contribution in [2.75, 3.05) is 38.3 Å². The zero-order chi connectivity index (χ0) is 96.8. The standard InChI is InChI=1S/C25H30O3.C23H28O3.C16H27NO7S.C15H24O8S.C13H24O7S.4CH4/c1-7-20-12-14-22(15-13-20)24(4,5)28-23(27)25(6,19(3)26)17-16-21-10-8-18(2)9-11-21;1-6-17-13-15-18(16-14-17)20(24)23(5,7-2)21(25)26-22(3,4)19-11-9-8-10-12-19;1-9-12(19)17-15(6,7)25(21,22)23-10-16(8,11(2)18)13(20)24-14(3,4)5;1-10(2)12(17)21-9-24(19,20)22-8-15(7,11(3)16)13(18)23-14(4,5)6;1-7-18-9-21(16,17)19-8-13(6,10(2)14)11(15)20-12(3,4)5;;;;/h7-15H,1,16-17H2,2-6H3;8-16H,6-7H2,1-5H3;9H,1,10H2,2-8H3,(H,17,19);1,8-9H2,2-7H3;7-9H2,1-6H3;4*1H4. The fourth-order valence-electron chi connectivity index (χ4n) is 9.60. The van der Waals surface area contributed by atoms with Crippen LogP contribution in [0.2, 0.25) is 0 Å². The molecule has 0 aliphatic heterocycles. The van der Waals surface area contributed by atoms with Crippen LogP contribution in [-0.2, 0) is 153 Å². The van der Waals surface area contributed by atoms with E-state index in [2.05, 4.69) is 40.9 Å². The van der Waals surface area contributed by atoms with Crippen molar-refractivity contribution in [1.82, 2.24) is 5.32 Å². The molecule has 4 rings (SSSR count). The van der Waals surface area contributed by atoms with Gasteiger partial charge in [0.15, 0.2) is 16.6 Å². The van der Waals surface area contributed by atoms with Crippen LogP contribution in [0.5, 0.6) is 0 Å². The molecule has 128 heavy (non-hydrogen) atoms. The summed E-state index contributed by atoms with van der Waals surface area (Å²) >= 11 is 0. The Morgan fingerprint density at radius 3 is 1.11 bits per heavy atom. The molecule has 5 atom stereocenters. The SMILES string of the molecule is C.C.C.C.C=C(C)C(=O)OCS(=O)(=O)OCC(C)(C(C)=O)C(=O)OC(C)(C)C.C=CC(=O)NC(C)(C)S(=O)(=O)OCC(C)(C(C)=O)C(=O)OC(C)(C)C.C=Cc1ccc(C(C)(C)OC(=O)C(C)(CCc2ccc(C)cc2)C(C)=O)cc1.CCOCS(=O)(=O)OCC(C)(C(C)=O)C(=O)OC(C)(C)C.CCc1ccc(C(=O)C(C)(CC)C(=O)OC(C)(C)c2ccccc2)cc1. The maximum Gasteiger partial charge on any atom is 0.334 e. The van der Waals surface area contributed by atoms with Crippen molar-refractivity contribution in [3.05, 3.63) is 173 Å². The van der Waals surface area contributed by atoms with Crippen LogP contribution >= 0.6 is 0 Å². The minimum Gasteiger partial charge on any atom is -0.459 e. The smallest absolute Gasteiger partial charge is 0.334 e. The highest BCUT2D eigenvalue weighted by Gasteiger charge is 2.49. The first kappa shape index (κ1) is 127. The van der Waals surface area contributed by atoms with Crippen LogP contribution in [0.1, 0.15) is 280 Å². The molecule has 724 valence electrons. The molecule has 0 spiro atoms. The Bertz CT molecular complexity index is 4760. The first-order chi connectivity index (χ1) is 56.2. The molecule has 29 nitrogen and oxygen atoms in total. The zero-order valence-electron chi connectivity index (χ0n) is 77.8. The number of hydrogen-bond donors (Lipinski definition) is 1. The van der Waals surface area contributed by atoms with Crippen molar-refractivity contribution in [3.8, 4) is 0 Å². The van der Waals surface area contributed by atoms with E-state index < -0.39 is 181 Å². The van der Waals surface area contributed by atoms with E-state index in [9.17, 15) is 82.8 Å². The van der Waals surface area contributed by atoms with Crippen LogP contribution in [0.3, 0.4) is 0 Å². The van der Waals surface area contributed by atoms with E-state index >= 15 is 0 Å². The zero-order valence-corrected chi connectivity index (χ0v) is 80.3. The minimum absolute atomic E-state index is 0. The predicted octanol–water partition coefficient (Wildman–Crippen LogP) is 17.4. The lowest BCUT2D eigenvalue weighted by Gasteiger charge is -2.32. The number of aryl methyl sites for hydroxylation is 3. The van der Waals surface area contributed by atoms with E-state index in [0.29, 0.717) is 24.8 Å². The molecule has 0 fully saturated rings. The monoisotopic (exact) mass is 1860 g/mol. The van der Waals surface area contributed by atoms with Gasteiger partial charge in [-0.1, -0.05) is 178 Å². The van der Waals surface area contributed by atoms with Gasteiger partial charge in [0, 0.05) is 17.7 Å². The van der Waals surface area contributed by atoms with Crippen molar-refractivity contribution in [2.24, 2.45) is 27.1 Å². The third-order valence-corrected chi connectivity index (χ3v) is 22.9. The molecule has 0 heterocycles. The van der Waals surface area contributed by atoms with Crippen LogP contribution in [0.4, 0.5) is 0 Å². The highest BCUT2D eigenvalue weighted by Crippen LogP contribution is 2.37. The van der Waals surface area contributed by atoms with E-state index in [1.807, 2.05) is 133 Å². The summed E-state index contributed by atoms with van der Waals surface area (Å²) < 4.78 is 122. The topological polar surface area (TPSA) is 412 Å². The molecule has 4 aromatic carbocycles. The van der Waals surface area contributed by atoms with Gasteiger partial charge in [0.1, 0.15) is 78.2 Å². The van der Waals surface area contributed by atoms with Gasteiger partial charge in [-0.2, -0.15) is 25.3 Å². The molecule has 0 bridgehead atoms. The Labute approximate surface area is 764 Å². The van der Waals surface area contributed by atoms with Crippen molar-refractivity contribution < 1.29 is 128 Å². The maximum absolute atomic E-state index is 13.1. The van der Waals surface area contributed by atoms with Gasteiger partial charge in [-0.05, 0) is 247 Å². The molecule has 0 saturated heterocycles. The highest BCUT2D eigenvalue weighted by atomic mass is 32.2. The molecular weight excluding hydrogens is 1710 g/mol. The Morgan fingerprint density at radius 1 is 0.422 bits per heavy atom. The van der Waals surface area contributed by atoms with Gasteiger partial charge in [0.05, 0.1) is 19.8 Å². The van der Waals surface area contributed by atoms with E-state index in [1.165, 1.54) is 61.0 Å². The number of amides is 1. The largest absolute Gasteiger partial charge is 0.459 e. The van der Waals surface area contributed by atoms with Gasteiger partial charge >= 0.3 is 45.9 Å². The summed E-state index contributed by atoms with van der Waals surface area (Å²) in [4.78, 5) is 144. The van der Waals surface area contributed by atoms with Crippen LogP contribution in [0.25, 0.3) is 6.08 Å². The highest BCUT2D eigenvalue weighted by molar-refractivity contribution is 7.88. The number of nitrogens with one attached hydrogen (secondary N) is 1. The Hall–Kier alpha value is -9.57. The maximum atomic E-state index is 13.1. The number of Topliss-reactive ketones (excluding diaryl/α,β-unsaturated/α-hetero) is 5. The second kappa shape index (κ2) is 52.3. The van der Waals surface area contributed by atoms with Crippen LogP contribution in [-0.4, -0.2) is 156 Å². The predicted molar refractivity (Wildman–Crippen MR) is 498 cm³/mol. The molecule has 5 unspecified atom stereocenters. The van der Waals surface area contributed by atoms with Crippen LogP contribution in [0, 0.1) is 34.0 Å². The molecule has 0 aliphatic rings. The summed E-state index contributed by atoms with van der Waals surface area (Å²) in [6, 6.07) is 32.9. The number of carbonyl (C=O) groups is 12. The summed E-state index contributed by atoms with van der Waals surface area (Å²) in [6.07, 6.45) is 5.02. The van der Waals surface area contributed by atoms with E-state index in [-0.39, 0.29) is 53.5 Å². The average molecular weight is 1860 g/mol. The minimum atomic E-state index is -4.35. The van der Waals surface area contributed by atoms with Crippen LogP contribution in [0.15, 0.2) is 135 Å². The summed E-state index contributed by atoms with van der Waals surface area (Å²) in [5.74, 6) is -9.03. The van der Waals surface area contributed by atoms with Gasteiger partial charge in [0.2, 0.25) is 11.8 Å².